The lowest BCUT2D eigenvalue weighted by molar-refractivity contribution is -0.152. The van der Waals surface area contributed by atoms with Gasteiger partial charge in [-0.3, -0.25) is 9.69 Å². The number of halogens is 1. The van der Waals surface area contributed by atoms with Crippen molar-refractivity contribution in [1.29, 1.82) is 0 Å². The van der Waals surface area contributed by atoms with Crippen molar-refractivity contribution >= 4 is 17.7 Å². The van der Waals surface area contributed by atoms with Gasteiger partial charge in [0.05, 0.1) is 6.54 Å². The lowest BCUT2D eigenvalue weighted by atomic mass is 9.93. The van der Waals surface area contributed by atoms with Crippen molar-refractivity contribution in [3.63, 3.8) is 0 Å². The molecule has 1 amide bonds. The number of nitrogen functional groups attached to an aromatic ring is 1. The van der Waals surface area contributed by atoms with E-state index in [4.69, 9.17) is 15.4 Å². The number of aromatic nitrogens is 1. The molecule has 3 N–H and O–H groups in total. The number of piperidine rings is 2. The van der Waals surface area contributed by atoms with Crippen LogP contribution in [0.1, 0.15) is 58.6 Å². The number of carbonyl (C=O) groups excluding carboxylic acids is 1. The Morgan fingerprint density at radius 1 is 1.24 bits per heavy atom. The fourth-order valence-corrected chi connectivity index (χ4v) is 3.47. The van der Waals surface area contributed by atoms with E-state index in [1.54, 1.807) is 6.07 Å². The number of hydrogen-bond donors (Lipinski definition) is 2. The molecule has 2 aliphatic rings. The van der Waals surface area contributed by atoms with Crippen LogP contribution in [0.25, 0.3) is 0 Å². The molecule has 1 aromatic heterocycles. The first-order valence-corrected chi connectivity index (χ1v) is 10.2. The lowest BCUT2D eigenvalue weighted by Gasteiger charge is -2.35. The normalized spacial score (nSPS) is 21.4. The number of amides is 1. The van der Waals surface area contributed by atoms with Gasteiger partial charge in [0, 0.05) is 31.1 Å². The minimum Gasteiger partial charge on any atom is -0.480 e. The molecule has 164 valence electrons. The van der Waals surface area contributed by atoms with Gasteiger partial charge in [0.2, 0.25) is 5.91 Å². The first-order chi connectivity index (χ1) is 13.6. The molecular weight excluding hydrogens is 379 g/mol. The predicted octanol–water partition coefficient (Wildman–Crippen LogP) is 2.44. The summed E-state index contributed by atoms with van der Waals surface area (Å²) < 4.78 is 18.0. The van der Waals surface area contributed by atoms with Crippen molar-refractivity contribution in [2.75, 3.05) is 31.9 Å². The highest BCUT2D eigenvalue weighted by molar-refractivity contribution is 5.85. The molecule has 8 nitrogen and oxygen atoms in total. The first-order valence-electron chi connectivity index (χ1n) is 10.2. The molecule has 1 atom stereocenters. The Kier molecular flexibility index (Phi) is 8.01. The van der Waals surface area contributed by atoms with E-state index in [2.05, 4.69) is 5.16 Å². The summed E-state index contributed by atoms with van der Waals surface area (Å²) in [6, 6.07) is 1.07. The Morgan fingerprint density at radius 3 is 2.38 bits per heavy atom. The van der Waals surface area contributed by atoms with Crippen molar-refractivity contribution in [3.05, 3.63) is 11.8 Å². The van der Waals surface area contributed by atoms with Gasteiger partial charge < -0.3 is 20.3 Å². The molecule has 0 saturated carbocycles. The maximum atomic E-state index is 13.0. The van der Waals surface area contributed by atoms with Crippen LogP contribution in [-0.2, 0) is 15.0 Å². The van der Waals surface area contributed by atoms with Crippen LogP contribution in [0.5, 0.6) is 0 Å². The molecule has 0 radical (unpaired) electrons. The third-order valence-corrected chi connectivity index (χ3v) is 5.25. The average molecular weight is 413 g/mol. The van der Waals surface area contributed by atoms with Crippen molar-refractivity contribution < 1.29 is 23.6 Å². The van der Waals surface area contributed by atoms with Gasteiger partial charge >= 0.3 is 5.97 Å². The second kappa shape index (κ2) is 10.0. The summed E-state index contributed by atoms with van der Waals surface area (Å²) in [5.41, 5.74) is 5.38. The van der Waals surface area contributed by atoms with E-state index in [9.17, 15) is 14.0 Å². The summed E-state index contributed by atoms with van der Waals surface area (Å²) in [4.78, 5) is 26.7. The molecule has 3 heterocycles. The first kappa shape index (κ1) is 23.1. The molecule has 29 heavy (non-hydrogen) atoms. The number of nitrogens with zero attached hydrogens (tertiary/aromatic N) is 3. The fraction of sp³-hybridized carbons (Fsp3) is 0.750. The zero-order valence-electron chi connectivity index (χ0n) is 17.6. The highest BCUT2D eigenvalue weighted by Crippen LogP contribution is 2.23. The van der Waals surface area contributed by atoms with Crippen LogP contribution in [0, 0.1) is 0 Å². The fourth-order valence-electron chi connectivity index (χ4n) is 3.47. The second-order valence-corrected chi connectivity index (χ2v) is 8.75. The number of hydrogen-bond acceptors (Lipinski definition) is 6. The molecule has 3 rings (SSSR count). The predicted molar refractivity (Wildman–Crippen MR) is 107 cm³/mol. The number of carboxylic acids is 1. The SMILES string of the molecule is CC(C)(C)c1cc(N)no1.O=C(O)[C@@H]1CCCCN1C(=O)CN1CCC(F)CC1. The molecule has 0 aromatic carbocycles. The zero-order valence-corrected chi connectivity index (χ0v) is 17.6. The standard InChI is InChI=1S/C13H21FN2O3.C7H12N2O/c14-10-4-7-15(8-5-10)9-12(17)16-6-2-1-3-11(16)13(18)19;1-7(2,3)5-4-6(8)9-10-5/h10-11H,1-9H2,(H,18,19);4H,1-3H3,(H2,8,9)/t11-;/m0./s1. The van der Waals surface area contributed by atoms with E-state index in [0.717, 1.165) is 18.6 Å². The Bertz CT molecular complexity index is 680. The largest absolute Gasteiger partial charge is 0.480 e. The number of carboxylic acid groups (broad SMARTS) is 1. The average Bonchev–Trinajstić information content (AvgIpc) is 3.11. The minimum absolute atomic E-state index is 0.00458. The van der Waals surface area contributed by atoms with E-state index >= 15 is 0 Å². The number of likely N-dealkylation sites (tertiary alicyclic amines) is 2. The highest BCUT2D eigenvalue weighted by atomic mass is 19.1. The highest BCUT2D eigenvalue weighted by Gasteiger charge is 2.33. The number of aliphatic carboxylic acids is 1. The second-order valence-electron chi connectivity index (χ2n) is 8.75. The zero-order chi connectivity index (χ0) is 21.6. The van der Waals surface area contributed by atoms with Crippen LogP contribution in [0.15, 0.2) is 10.6 Å². The summed E-state index contributed by atoms with van der Waals surface area (Å²) in [5.74, 6) is 0.217. The van der Waals surface area contributed by atoms with E-state index in [1.165, 1.54) is 4.90 Å². The number of nitrogens with two attached hydrogens (primary N) is 1. The molecular formula is C20H33FN4O4. The molecule has 0 spiro atoms. The maximum Gasteiger partial charge on any atom is 0.326 e. The smallest absolute Gasteiger partial charge is 0.326 e. The Morgan fingerprint density at radius 2 is 1.90 bits per heavy atom. The van der Waals surface area contributed by atoms with E-state index < -0.39 is 18.2 Å². The Hall–Kier alpha value is -2.16. The number of alkyl halides is 1. The van der Waals surface area contributed by atoms with Gasteiger partial charge in [0.25, 0.3) is 0 Å². The monoisotopic (exact) mass is 412 g/mol. The molecule has 1 aromatic rings. The van der Waals surface area contributed by atoms with Crippen LogP contribution in [-0.4, -0.2) is 70.3 Å². The molecule has 0 bridgehead atoms. The van der Waals surface area contributed by atoms with Gasteiger partial charge in [0.1, 0.15) is 18.0 Å². The summed E-state index contributed by atoms with van der Waals surface area (Å²) >= 11 is 0. The van der Waals surface area contributed by atoms with Gasteiger partial charge in [-0.05, 0) is 32.1 Å². The summed E-state index contributed by atoms with van der Waals surface area (Å²) in [6.07, 6.45) is 2.43. The van der Waals surface area contributed by atoms with Crippen molar-refractivity contribution in [2.24, 2.45) is 0 Å². The topological polar surface area (TPSA) is 113 Å². The third kappa shape index (κ3) is 6.99. The molecule has 2 saturated heterocycles. The summed E-state index contributed by atoms with van der Waals surface area (Å²) in [6.45, 7) is 8.05. The third-order valence-electron chi connectivity index (χ3n) is 5.25. The number of anilines is 1. The molecule has 9 heteroatoms. The van der Waals surface area contributed by atoms with Crippen LogP contribution >= 0.6 is 0 Å². The number of rotatable bonds is 3. The van der Waals surface area contributed by atoms with E-state index in [0.29, 0.717) is 44.7 Å². The van der Waals surface area contributed by atoms with Gasteiger partial charge in [-0.15, -0.1) is 0 Å². The van der Waals surface area contributed by atoms with Gasteiger partial charge in [-0.1, -0.05) is 25.9 Å². The summed E-state index contributed by atoms with van der Waals surface area (Å²) in [7, 11) is 0. The number of carbonyl (C=O) groups is 2. The van der Waals surface area contributed by atoms with Crippen molar-refractivity contribution in [3.8, 4) is 0 Å². The van der Waals surface area contributed by atoms with Crippen LogP contribution < -0.4 is 5.73 Å². The van der Waals surface area contributed by atoms with Gasteiger partial charge in [-0.25, -0.2) is 9.18 Å². The van der Waals surface area contributed by atoms with Crippen LogP contribution in [0.2, 0.25) is 0 Å². The van der Waals surface area contributed by atoms with Crippen molar-refractivity contribution in [1.82, 2.24) is 15.0 Å². The minimum atomic E-state index is -0.921. The maximum absolute atomic E-state index is 13.0. The van der Waals surface area contributed by atoms with Crippen LogP contribution in [0.3, 0.4) is 0 Å². The van der Waals surface area contributed by atoms with Crippen LogP contribution in [0.4, 0.5) is 10.2 Å². The van der Waals surface area contributed by atoms with Gasteiger partial charge in [0.15, 0.2) is 5.82 Å². The molecule has 2 aliphatic heterocycles. The molecule has 0 unspecified atom stereocenters. The Balaban J connectivity index is 0.000000253. The van der Waals surface area contributed by atoms with Crippen molar-refractivity contribution in [2.45, 2.75) is 70.5 Å². The van der Waals surface area contributed by atoms with E-state index in [-0.39, 0.29) is 17.9 Å². The Labute approximate surface area is 171 Å². The quantitative estimate of drug-likeness (QED) is 0.784. The summed E-state index contributed by atoms with van der Waals surface area (Å²) in [5, 5.41) is 12.7. The lowest BCUT2D eigenvalue weighted by Crippen LogP contribution is -2.52. The van der Waals surface area contributed by atoms with E-state index in [1.807, 2.05) is 25.7 Å². The van der Waals surface area contributed by atoms with Gasteiger partial charge in [-0.2, -0.15) is 0 Å². The molecule has 0 aliphatic carbocycles. The molecule has 2 fully saturated rings.